The highest BCUT2D eigenvalue weighted by Crippen LogP contribution is 2.50. The highest BCUT2D eigenvalue weighted by molar-refractivity contribution is 5.71. The molecule has 0 unspecified atom stereocenters. The Morgan fingerprint density at radius 1 is 0.882 bits per heavy atom. The summed E-state index contributed by atoms with van der Waals surface area (Å²) in [5, 5.41) is 0. The van der Waals surface area contributed by atoms with E-state index in [0.717, 1.165) is 45.1 Å². The van der Waals surface area contributed by atoms with Crippen LogP contribution in [0.4, 0.5) is 11.4 Å². The Balaban J connectivity index is 1.61. The van der Waals surface area contributed by atoms with Crippen molar-refractivity contribution < 1.29 is 9.47 Å². The lowest BCUT2D eigenvalue weighted by Gasteiger charge is -2.42. The van der Waals surface area contributed by atoms with E-state index >= 15 is 0 Å². The molecule has 3 aliphatic rings. The molecular weight excluding hydrogens is 422 g/mol. The number of hydrogen-bond donors (Lipinski definition) is 0. The normalized spacial score (nSPS) is 22.2. The van der Waals surface area contributed by atoms with Gasteiger partial charge in [-0.05, 0) is 61.6 Å². The summed E-state index contributed by atoms with van der Waals surface area (Å²) in [6.07, 6.45) is 10.6. The molecule has 0 aromatic heterocycles. The number of anilines is 2. The molecular formula is C29H49N3O2. The molecule has 192 valence electrons. The van der Waals surface area contributed by atoms with Gasteiger partial charge in [0.05, 0.1) is 26.0 Å². The molecule has 0 bridgehead atoms. The highest BCUT2D eigenvalue weighted by Gasteiger charge is 2.35. The van der Waals surface area contributed by atoms with Crippen molar-refractivity contribution in [3.05, 3.63) is 17.7 Å². The molecule has 5 heteroatoms. The van der Waals surface area contributed by atoms with Crippen molar-refractivity contribution in [1.82, 2.24) is 4.90 Å². The van der Waals surface area contributed by atoms with E-state index in [4.69, 9.17) is 9.47 Å². The number of nitrogens with zero attached hydrogens (tertiary/aromatic N) is 3. The summed E-state index contributed by atoms with van der Waals surface area (Å²) in [7, 11) is 1.84. The van der Waals surface area contributed by atoms with Crippen LogP contribution in [-0.4, -0.2) is 71.0 Å². The largest absolute Gasteiger partial charge is 0.495 e. The second-order valence-corrected chi connectivity index (χ2v) is 10.8. The number of piperazine rings is 1. The number of methoxy groups -OCH3 is 1. The standard InChI is InChI=1S/C29H49N3O2/c1-5-8-13-30-14-16-31(17-15-30)26-23-28(33-4)27(32-18-20-34-21-19-32)22-25(26)24-9-11-29(6-2,7-3)12-10-24/h22-24H,5-21H2,1-4H3. The van der Waals surface area contributed by atoms with Crippen molar-refractivity contribution in [3.63, 3.8) is 0 Å². The van der Waals surface area contributed by atoms with Gasteiger partial charge in [0.15, 0.2) is 0 Å². The monoisotopic (exact) mass is 471 g/mol. The number of benzene rings is 1. The first-order valence-corrected chi connectivity index (χ1v) is 14.1. The van der Waals surface area contributed by atoms with Crippen LogP contribution >= 0.6 is 0 Å². The molecule has 0 N–H and O–H groups in total. The lowest BCUT2D eigenvalue weighted by molar-refractivity contribution is 0.122. The number of morpholine rings is 1. The summed E-state index contributed by atoms with van der Waals surface area (Å²) in [5.41, 5.74) is 4.86. The van der Waals surface area contributed by atoms with Crippen LogP contribution in [0.25, 0.3) is 0 Å². The maximum absolute atomic E-state index is 5.99. The van der Waals surface area contributed by atoms with Gasteiger partial charge in [-0.1, -0.05) is 40.0 Å². The molecule has 2 heterocycles. The SMILES string of the molecule is CCCCN1CCN(c2cc(OC)c(N3CCOCC3)cc2C2CCC(CC)(CC)CC2)CC1. The summed E-state index contributed by atoms with van der Waals surface area (Å²) >= 11 is 0. The van der Waals surface area contributed by atoms with Gasteiger partial charge in [-0.3, -0.25) is 4.90 Å². The molecule has 4 rings (SSSR count). The van der Waals surface area contributed by atoms with Gasteiger partial charge in [0, 0.05) is 51.0 Å². The van der Waals surface area contributed by atoms with E-state index in [0.29, 0.717) is 11.3 Å². The molecule has 2 aliphatic heterocycles. The summed E-state index contributed by atoms with van der Waals surface area (Å²) in [6.45, 7) is 16.4. The predicted molar refractivity (Wildman–Crippen MR) is 144 cm³/mol. The first-order chi connectivity index (χ1) is 16.6. The average molecular weight is 472 g/mol. The Morgan fingerprint density at radius 3 is 2.12 bits per heavy atom. The molecule has 34 heavy (non-hydrogen) atoms. The van der Waals surface area contributed by atoms with Gasteiger partial charge in [-0.25, -0.2) is 0 Å². The number of hydrogen-bond acceptors (Lipinski definition) is 5. The van der Waals surface area contributed by atoms with Crippen LogP contribution in [0.2, 0.25) is 0 Å². The van der Waals surface area contributed by atoms with E-state index in [1.165, 1.54) is 82.4 Å². The van der Waals surface area contributed by atoms with Gasteiger partial charge >= 0.3 is 0 Å². The molecule has 0 spiro atoms. The molecule has 5 nitrogen and oxygen atoms in total. The maximum Gasteiger partial charge on any atom is 0.144 e. The summed E-state index contributed by atoms with van der Waals surface area (Å²) in [4.78, 5) is 7.78. The smallest absolute Gasteiger partial charge is 0.144 e. The van der Waals surface area contributed by atoms with Crippen LogP contribution in [0.5, 0.6) is 5.75 Å². The summed E-state index contributed by atoms with van der Waals surface area (Å²) in [6, 6.07) is 4.89. The maximum atomic E-state index is 5.99. The minimum absolute atomic E-state index is 0.571. The topological polar surface area (TPSA) is 28.2 Å². The minimum atomic E-state index is 0.571. The third kappa shape index (κ3) is 5.67. The van der Waals surface area contributed by atoms with Crippen molar-refractivity contribution in [2.45, 2.75) is 78.1 Å². The van der Waals surface area contributed by atoms with E-state index in [1.807, 2.05) is 7.11 Å². The van der Waals surface area contributed by atoms with Crippen LogP contribution in [0, 0.1) is 5.41 Å². The van der Waals surface area contributed by atoms with Crippen molar-refractivity contribution in [1.29, 1.82) is 0 Å². The third-order valence-electron chi connectivity index (χ3n) is 9.21. The molecule has 1 saturated carbocycles. The molecule has 0 amide bonds. The molecule has 1 aromatic carbocycles. The van der Waals surface area contributed by atoms with E-state index in [1.54, 1.807) is 5.56 Å². The van der Waals surface area contributed by atoms with E-state index < -0.39 is 0 Å². The zero-order chi connectivity index (χ0) is 24.0. The molecule has 0 radical (unpaired) electrons. The van der Waals surface area contributed by atoms with E-state index in [9.17, 15) is 0 Å². The molecule has 2 saturated heterocycles. The quantitative estimate of drug-likeness (QED) is 0.446. The summed E-state index contributed by atoms with van der Waals surface area (Å²) in [5.74, 6) is 1.69. The summed E-state index contributed by atoms with van der Waals surface area (Å²) < 4.78 is 11.6. The predicted octanol–water partition coefficient (Wildman–Crippen LogP) is 5.92. The number of rotatable bonds is 9. The second kappa shape index (κ2) is 12.0. The van der Waals surface area contributed by atoms with Crippen LogP contribution in [0.3, 0.4) is 0 Å². The Bertz CT molecular complexity index is 755. The van der Waals surface area contributed by atoms with Crippen LogP contribution in [-0.2, 0) is 4.74 Å². The minimum Gasteiger partial charge on any atom is -0.495 e. The highest BCUT2D eigenvalue weighted by atomic mass is 16.5. The Kier molecular flexibility index (Phi) is 9.03. The van der Waals surface area contributed by atoms with E-state index in [-0.39, 0.29) is 0 Å². The zero-order valence-electron chi connectivity index (χ0n) is 22.4. The Labute approximate surface area is 208 Å². The van der Waals surface area contributed by atoms with E-state index in [2.05, 4.69) is 47.6 Å². The van der Waals surface area contributed by atoms with Crippen LogP contribution < -0.4 is 14.5 Å². The van der Waals surface area contributed by atoms with Gasteiger partial charge in [0.25, 0.3) is 0 Å². The Hall–Kier alpha value is -1.46. The fourth-order valence-electron chi connectivity index (χ4n) is 6.48. The molecule has 1 aromatic rings. The average Bonchev–Trinajstić information content (AvgIpc) is 2.92. The van der Waals surface area contributed by atoms with Crippen molar-refractivity contribution in [2.24, 2.45) is 5.41 Å². The van der Waals surface area contributed by atoms with Crippen LogP contribution in [0.15, 0.2) is 12.1 Å². The van der Waals surface area contributed by atoms with Crippen molar-refractivity contribution in [2.75, 3.05) is 75.9 Å². The first-order valence-electron chi connectivity index (χ1n) is 14.1. The zero-order valence-corrected chi connectivity index (χ0v) is 22.4. The fraction of sp³-hybridized carbons (Fsp3) is 0.793. The van der Waals surface area contributed by atoms with Gasteiger partial charge in [-0.15, -0.1) is 0 Å². The van der Waals surface area contributed by atoms with Gasteiger partial charge in [0.1, 0.15) is 5.75 Å². The van der Waals surface area contributed by atoms with Crippen LogP contribution in [0.1, 0.15) is 83.6 Å². The lowest BCUT2D eigenvalue weighted by atomic mass is 9.66. The van der Waals surface area contributed by atoms with Crippen molar-refractivity contribution >= 4 is 11.4 Å². The molecule has 3 fully saturated rings. The Morgan fingerprint density at radius 2 is 1.53 bits per heavy atom. The van der Waals surface area contributed by atoms with Gasteiger partial charge in [-0.2, -0.15) is 0 Å². The van der Waals surface area contributed by atoms with Crippen molar-refractivity contribution in [3.8, 4) is 5.75 Å². The van der Waals surface area contributed by atoms with Gasteiger partial charge < -0.3 is 19.3 Å². The lowest BCUT2D eigenvalue weighted by Crippen LogP contribution is -2.47. The van der Waals surface area contributed by atoms with Gasteiger partial charge in [0.2, 0.25) is 0 Å². The second-order valence-electron chi connectivity index (χ2n) is 10.8. The number of ether oxygens (including phenoxy) is 2. The third-order valence-corrected chi connectivity index (χ3v) is 9.21. The molecule has 0 atom stereocenters. The number of unbranched alkanes of at least 4 members (excludes halogenated alkanes) is 1. The molecule has 1 aliphatic carbocycles. The first kappa shape index (κ1) is 25.6. The fourth-order valence-corrected chi connectivity index (χ4v) is 6.48.